The molecule has 1 aromatic heterocycles. The van der Waals surface area contributed by atoms with Gasteiger partial charge in [-0.1, -0.05) is 41.9 Å². The number of nitriles is 1. The summed E-state index contributed by atoms with van der Waals surface area (Å²) in [6, 6.07) is 17.5. The summed E-state index contributed by atoms with van der Waals surface area (Å²) in [4.78, 5) is 8.74. The zero-order chi connectivity index (χ0) is 19.5. The van der Waals surface area contributed by atoms with Crippen LogP contribution in [0.4, 0.5) is 0 Å². The van der Waals surface area contributed by atoms with E-state index in [9.17, 15) is 5.26 Å². The van der Waals surface area contributed by atoms with Gasteiger partial charge in [-0.25, -0.2) is 0 Å². The molecule has 3 aromatic rings. The molecule has 0 saturated carbocycles. The van der Waals surface area contributed by atoms with Crippen LogP contribution in [0.2, 0.25) is 5.02 Å². The largest absolute Gasteiger partial charge is 0.483 e. The average Bonchev–Trinajstić information content (AvgIpc) is 2.73. The maximum absolute atomic E-state index is 9.90. The van der Waals surface area contributed by atoms with Crippen LogP contribution >= 0.6 is 11.6 Å². The predicted octanol–water partition coefficient (Wildman–Crippen LogP) is 5.21. The van der Waals surface area contributed by atoms with Gasteiger partial charge < -0.3 is 9.47 Å². The lowest BCUT2D eigenvalue weighted by atomic mass is 9.83. The average molecular weight is 390 g/mol. The third-order valence-electron chi connectivity index (χ3n) is 4.52. The predicted molar refractivity (Wildman–Crippen MR) is 108 cm³/mol. The molecule has 1 unspecified atom stereocenters. The van der Waals surface area contributed by atoms with Crippen molar-refractivity contribution in [2.75, 3.05) is 6.61 Å². The van der Waals surface area contributed by atoms with Crippen LogP contribution in [0.25, 0.3) is 10.9 Å². The molecule has 0 radical (unpaired) electrons. The molecule has 2 heterocycles. The Hall–Kier alpha value is -3.36. The fourth-order valence-corrected chi connectivity index (χ4v) is 3.39. The van der Waals surface area contributed by atoms with Crippen molar-refractivity contribution >= 4 is 28.9 Å². The van der Waals surface area contributed by atoms with Gasteiger partial charge in [-0.15, -0.1) is 0 Å². The zero-order valence-corrected chi connectivity index (χ0v) is 15.8. The summed E-state index contributed by atoms with van der Waals surface area (Å²) < 4.78 is 11.3. The Morgan fingerprint density at radius 2 is 2.07 bits per heavy atom. The van der Waals surface area contributed by atoms with E-state index in [0.29, 0.717) is 23.0 Å². The number of rotatable bonds is 4. The first-order valence-electron chi connectivity index (χ1n) is 8.82. The monoisotopic (exact) mass is 389 g/mol. The van der Waals surface area contributed by atoms with Gasteiger partial charge in [0.25, 0.3) is 0 Å². The molecule has 0 saturated heterocycles. The van der Waals surface area contributed by atoms with E-state index in [1.165, 1.54) is 6.40 Å². The van der Waals surface area contributed by atoms with E-state index in [2.05, 4.69) is 16.0 Å². The summed E-state index contributed by atoms with van der Waals surface area (Å²) in [5.74, 6) is 0.466. The van der Waals surface area contributed by atoms with E-state index in [1.54, 1.807) is 6.20 Å². The molecule has 1 atom stereocenters. The maximum Gasteiger partial charge on any atom is 0.236 e. The lowest BCUT2D eigenvalue weighted by Crippen LogP contribution is -2.16. The minimum atomic E-state index is -0.341. The molecule has 28 heavy (non-hydrogen) atoms. The summed E-state index contributed by atoms with van der Waals surface area (Å²) >= 11 is 6.06. The summed E-state index contributed by atoms with van der Waals surface area (Å²) in [5.41, 5.74) is 2.91. The molecule has 1 aliphatic heterocycles. The highest BCUT2D eigenvalue weighted by atomic mass is 35.5. The van der Waals surface area contributed by atoms with Gasteiger partial charge >= 0.3 is 0 Å². The van der Waals surface area contributed by atoms with Crippen molar-refractivity contribution in [2.45, 2.75) is 12.8 Å². The van der Waals surface area contributed by atoms with Crippen molar-refractivity contribution in [3.05, 3.63) is 82.3 Å². The Kier molecular flexibility index (Phi) is 4.96. The Morgan fingerprint density at radius 3 is 2.82 bits per heavy atom. The molecule has 2 aromatic carbocycles. The minimum Gasteiger partial charge on any atom is -0.483 e. The Morgan fingerprint density at radius 1 is 1.25 bits per heavy atom. The van der Waals surface area contributed by atoms with Crippen LogP contribution in [-0.4, -0.2) is 18.0 Å². The lowest BCUT2D eigenvalue weighted by molar-refractivity contribution is 0.336. The summed E-state index contributed by atoms with van der Waals surface area (Å²) in [5, 5.41) is 11.5. The number of halogens is 1. The van der Waals surface area contributed by atoms with Crippen LogP contribution < -0.4 is 4.74 Å². The topological polar surface area (TPSA) is 67.5 Å². The highest BCUT2D eigenvalue weighted by Crippen LogP contribution is 2.45. The number of fused-ring (bicyclic) bond motifs is 3. The standard InChI is InChI=1S/C22H16ClN3O2/c1-2-27-13-26-22-18(12-24)19(14-5-8-16(23)9-6-14)17-10-7-15-4-3-11-25-20(15)21(17)28-22/h3-11,13,19H,2H2,1H3/b26-13+. The molecule has 0 N–H and O–H groups in total. The summed E-state index contributed by atoms with van der Waals surface area (Å²) in [6.07, 6.45) is 3.02. The van der Waals surface area contributed by atoms with Crippen molar-refractivity contribution in [2.24, 2.45) is 4.99 Å². The van der Waals surface area contributed by atoms with Gasteiger partial charge in [-0.3, -0.25) is 4.98 Å². The second-order valence-corrected chi connectivity index (χ2v) is 6.60. The SMILES string of the molecule is CCO/C=N/C1=C(C#N)C(c2ccc(Cl)cc2)c2ccc3cccnc3c2O1. The van der Waals surface area contributed by atoms with E-state index < -0.39 is 0 Å². The Balaban J connectivity index is 1.96. The molecular formula is C22H16ClN3O2. The molecule has 4 rings (SSSR count). The minimum absolute atomic E-state index is 0.210. The van der Waals surface area contributed by atoms with Gasteiger partial charge in [0, 0.05) is 22.2 Å². The highest BCUT2D eigenvalue weighted by Gasteiger charge is 2.33. The van der Waals surface area contributed by atoms with Crippen LogP contribution in [0.3, 0.4) is 0 Å². The second kappa shape index (κ2) is 7.71. The van der Waals surface area contributed by atoms with E-state index in [1.807, 2.05) is 55.5 Å². The van der Waals surface area contributed by atoms with Crippen molar-refractivity contribution in [3.8, 4) is 11.8 Å². The number of aliphatic imine (C=N–C) groups is 1. The first-order valence-corrected chi connectivity index (χ1v) is 9.20. The number of hydrogen-bond donors (Lipinski definition) is 0. The number of ether oxygens (including phenoxy) is 2. The molecule has 0 spiro atoms. The molecule has 0 fully saturated rings. The van der Waals surface area contributed by atoms with E-state index >= 15 is 0 Å². The summed E-state index contributed by atoms with van der Waals surface area (Å²) in [6.45, 7) is 2.33. The molecular weight excluding hydrogens is 374 g/mol. The van der Waals surface area contributed by atoms with Gasteiger partial charge in [-0.05, 0) is 30.7 Å². The Labute approximate surface area is 167 Å². The first-order chi connectivity index (χ1) is 13.7. The highest BCUT2D eigenvalue weighted by molar-refractivity contribution is 6.30. The first kappa shape index (κ1) is 18.0. The molecule has 0 bridgehead atoms. The van der Waals surface area contributed by atoms with Gasteiger partial charge in [-0.2, -0.15) is 10.3 Å². The molecule has 0 amide bonds. The molecule has 6 heteroatoms. The fraction of sp³-hybridized carbons (Fsp3) is 0.136. The molecule has 0 aliphatic carbocycles. The smallest absolute Gasteiger partial charge is 0.236 e. The second-order valence-electron chi connectivity index (χ2n) is 6.17. The van der Waals surface area contributed by atoms with E-state index in [0.717, 1.165) is 22.0 Å². The molecule has 1 aliphatic rings. The summed E-state index contributed by atoms with van der Waals surface area (Å²) in [7, 11) is 0. The van der Waals surface area contributed by atoms with Crippen LogP contribution in [-0.2, 0) is 4.74 Å². The quantitative estimate of drug-likeness (QED) is 0.453. The van der Waals surface area contributed by atoms with Crippen molar-refractivity contribution < 1.29 is 9.47 Å². The van der Waals surface area contributed by atoms with Crippen LogP contribution in [0.5, 0.6) is 5.75 Å². The number of benzene rings is 2. The number of nitrogens with zero attached hydrogens (tertiary/aromatic N) is 3. The number of allylic oxidation sites excluding steroid dienone is 1. The van der Waals surface area contributed by atoms with Crippen molar-refractivity contribution in [3.63, 3.8) is 0 Å². The van der Waals surface area contributed by atoms with Crippen molar-refractivity contribution in [1.29, 1.82) is 5.26 Å². The number of hydrogen-bond acceptors (Lipinski definition) is 5. The zero-order valence-electron chi connectivity index (χ0n) is 15.1. The third kappa shape index (κ3) is 3.19. The number of pyridine rings is 1. The molecule has 138 valence electrons. The fourth-order valence-electron chi connectivity index (χ4n) is 3.27. The van der Waals surface area contributed by atoms with E-state index in [-0.39, 0.29) is 11.8 Å². The van der Waals surface area contributed by atoms with Crippen LogP contribution in [0.15, 0.2) is 71.2 Å². The van der Waals surface area contributed by atoms with Gasteiger partial charge in [0.1, 0.15) is 17.2 Å². The lowest BCUT2D eigenvalue weighted by Gasteiger charge is -2.27. The van der Waals surface area contributed by atoms with Gasteiger partial charge in [0.05, 0.1) is 12.5 Å². The molecule has 5 nitrogen and oxygen atoms in total. The Bertz CT molecular complexity index is 1130. The van der Waals surface area contributed by atoms with E-state index in [4.69, 9.17) is 21.1 Å². The maximum atomic E-state index is 9.90. The van der Waals surface area contributed by atoms with Crippen LogP contribution in [0, 0.1) is 11.3 Å². The van der Waals surface area contributed by atoms with Crippen LogP contribution in [0.1, 0.15) is 24.0 Å². The van der Waals surface area contributed by atoms with Gasteiger partial charge in [0.15, 0.2) is 12.2 Å². The normalized spacial score (nSPS) is 16.0. The van der Waals surface area contributed by atoms with Crippen molar-refractivity contribution in [1.82, 2.24) is 4.98 Å². The third-order valence-corrected chi connectivity index (χ3v) is 4.77. The number of aromatic nitrogens is 1. The van der Waals surface area contributed by atoms with Gasteiger partial charge in [0.2, 0.25) is 5.88 Å².